The molecule has 132 valence electrons. The van der Waals surface area contributed by atoms with Crippen LogP contribution in [0.3, 0.4) is 0 Å². The summed E-state index contributed by atoms with van der Waals surface area (Å²) in [6.07, 6.45) is 1.86. The average molecular weight is 366 g/mol. The van der Waals surface area contributed by atoms with E-state index in [0.717, 1.165) is 28.1 Å². The Hall–Kier alpha value is -2.73. The number of likely N-dealkylation sites (N-methyl/N-ethyl adjacent to an activating group) is 1. The van der Waals surface area contributed by atoms with E-state index in [9.17, 15) is 4.79 Å². The maximum Gasteiger partial charge on any atom is 0.266 e. The Balaban J connectivity index is 1.65. The van der Waals surface area contributed by atoms with Crippen LogP contribution in [0.5, 0.6) is 11.5 Å². The van der Waals surface area contributed by atoms with Crippen LogP contribution in [0.25, 0.3) is 6.08 Å². The minimum atomic E-state index is -0.0586. The molecule has 2 aromatic carbocycles. The molecule has 0 atom stereocenters. The van der Waals surface area contributed by atoms with Crippen LogP contribution >= 0.6 is 11.8 Å². The van der Waals surface area contributed by atoms with Gasteiger partial charge in [-0.05, 0) is 66.6 Å². The number of ether oxygens (including phenoxy) is 2. The quantitative estimate of drug-likeness (QED) is 0.745. The van der Waals surface area contributed by atoms with E-state index in [2.05, 4.69) is 6.07 Å². The van der Waals surface area contributed by atoms with E-state index in [1.807, 2.05) is 50.3 Å². The van der Waals surface area contributed by atoms with Crippen molar-refractivity contribution in [1.82, 2.24) is 4.90 Å². The fourth-order valence-electron chi connectivity index (χ4n) is 2.75. The predicted octanol–water partition coefficient (Wildman–Crippen LogP) is 4.27. The summed E-state index contributed by atoms with van der Waals surface area (Å²) in [5, 5.41) is 0.677. The molecule has 0 radical (unpaired) electrons. The van der Waals surface area contributed by atoms with Gasteiger partial charge in [0.2, 0.25) is 6.79 Å². The standard InChI is InChI=1S/C20H18N2O3S/c1-12-4-5-13(2)15(8-12)21-20-22(3)19(23)18(26-20)10-14-6-7-16-17(9-14)25-11-24-16/h4-10H,11H2,1-3H3/b18-10+,21-20?. The highest BCUT2D eigenvalue weighted by Gasteiger charge is 2.30. The minimum Gasteiger partial charge on any atom is -0.454 e. The molecule has 2 aromatic rings. The Morgan fingerprint density at radius 3 is 2.77 bits per heavy atom. The van der Waals surface area contributed by atoms with Gasteiger partial charge < -0.3 is 9.47 Å². The second-order valence-corrected chi connectivity index (χ2v) is 7.28. The zero-order valence-electron chi connectivity index (χ0n) is 14.8. The van der Waals surface area contributed by atoms with Gasteiger partial charge in [-0.1, -0.05) is 18.2 Å². The van der Waals surface area contributed by atoms with Gasteiger partial charge in [-0.25, -0.2) is 4.99 Å². The van der Waals surface area contributed by atoms with Crippen molar-refractivity contribution in [3.8, 4) is 11.5 Å². The van der Waals surface area contributed by atoms with Crippen LogP contribution in [0.4, 0.5) is 5.69 Å². The SMILES string of the molecule is Cc1ccc(C)c(N=C2S/C(=C/c3ccc4c(c3)OCO4)C(=O)N2C)c1. The molecular weight excluding hydrogens is 348 g/mol. The molecule has 0 aromatic heterocycles. The molecule has 6 heteroatoms. The van der Waals surface area contributed by atoms with Gasteiger partial charge in [0.1, 0.15) is 0 Å². The van der Waals surface area contributed by atoms with E-state index >= 15 is 0 Å². The minimum absolute atomic E-state index is 0.0586. The molecule has 26 heavy (non-hydrogen) atoms. The van der Waals surface area contributed by atoms with Gasteiger partial charge in [-0.3, -0.25) is 9.69 Å². The Labute approximate surface area is 156 Å². The van der Waals surface area contributed by atoms with Crippen LogP contribution in [-0.2, 0) is 4.79 Å². The monoisotopic (exact) mass is 366 g/mol. The van der Waals surface area contributed by atoms with E-state index in [4.69, 9.17) is 14.5 Å². The first-order chi connectivity index (χ1) is 12.5. The van der Waals surface area contributed by atoms with Crippen molar-refractivity contribution in [2.24, 2.45) is 4.99 Å². The molecule has 0 N–H and O–H groups in total. The van der Waals surface area contributed by atoms with Crippen LogP contribution in [0.15, 0.2) is 46.3 Å². The average Bonchev–Trinajstić information content (AvgIpc) is 3.18. The van der Waals surface area contributed by atoms with Gasteiger partial charge >= 0.3 is 0 Å². The molecule has 1 saturated heterocycles. The molecule has 0 spiro atoms. The maximum absolute atomic E-state index is 12.6. The van der Waals surface area contributed by atoms with Crippen molar-refractivity contribution in [2.75, 3.05) is 13.8 Å². The van der Waals surface area contributed by atoms with Crippen molar-refractivity contribution in [1.29, 1.82) is 0 Å². The number of carbonyl (C=O) groups excluding carboxylic acids is 1. The van der Waals surface area contributed by atoms with E-state index < -0.39 is 0 Å². The summed E-state index contributed by atoms with van der Waals surface area (Å²) in [5.41, 5.74) is 4.00. The Bertz CT molecular complexity index is 966. The lowest BCUT2D eigenvalue weighted by Gasteiger charge is -2.08. The topological polar surface area (TPSA) is 51.1 Å². The van der Waals surface area contributed by atoms with Crippen molar-refractivity contribution in [3.63, 3.8) is 0 Å². The van der Waals surface area contributed by atoms with Crippen molar-refractivity contribution >= 4 is 34.6 Å². The summed E-state index contributed by atoms with van der Waals surface area (Å²) < 4.78 is 10.7. The smallest absolute Gasteiger partial charge is 0.266 e. The largest absolute Gasteiger partial charge is 0.454 e. The number of rotatable bonds is 2. The summed E-state index contributed by atoms with van der Waals surface area (Å²) in [4.78, 5) is 19.5. The highest BCUT2D eigenvalue weighted by molar-refractivity contribution is 8.18. The van der Waals surface area contributed by atoms with Crippen LogP contribution in [0.2, 0.25) is 0 Å². The maximum atomic E-state index is 12.6. The Morgan fingerprint density at radius 1 is 1.12 bits per heavy atom. The van der Waals surface area contributed by atoms with E-state index in [0.29, 0.717) is 15.8 Å². The zero-order valence-corrected chi connectivity index (χ0v) is 15.6. The highest BCUT2D eigenvalue weighted by atomic mass is 32.2. The second-order valence-electron chi connectivity index (χ2n) is 6.27. The number of hydrogen-bond donors (Lipinski definition) is 0. The number of thioether (sulfide) groups is 1. The number of amides is 1. The number of hydrogen-bond acceptors (Lipinski definition) is 5. The number of nitrogens with zero attached hydrogens (tertiary/aromatic N) is 2. The number of aliphatic imine (C=N–C) groups is 1. The first-order valence-electron chi connectivity index (χ1n) is 8.24. The fourth-order valence-corrected chi connectivity index (χ4v) is 3.73. The molecule has 2 heterocycles. The summed E-state index contributed by atoms with van der Waals surface area (Å²) in [5.74, 6) is 1.37. The number of fused-ring (bicyclic) bond motifs is 1. The summed E-state index contributed by atoms with van der Waals surface area (Å²) in [7, 11) is 1.75. The molecule has 0 bridgehead atoms. The second kappa shape index (κ2) is 6.53. The normalized spacial score (nSPS) is 19.0. The van der Waals surface area contributed by atoms with Gasteiger partial charge in [0, 0.05) is 7.05 Å². The fraction of sp³-hybridized carbons (Fsp3) is 0.200. The number of carbonyl (C=O) groups is 1. The number of aryl methyl sites for hydroxylation is 2. The summed E-state index contributed by atoms with van der Waals surface area (Å²) in [6.45, 7) is 4.28. The van der Waals surface area contributed by atoms with Gasteiger partial charge in [0.05, 0.1) is 10.6 Å². The van der Waals surface area contributed by atoms with Crippen LogP contribution in [0.1, 0.15) is 16.7 Å². The van der Waals surface area contributed by atoms with Gasteiger partial charge in [-0.2, -0.15) is 0 Å². The van der Waals surface area contributed by atoms with Crippen LogP contribution in [-0.4, -0.2) is 29.8 Å². The van der Waals surface area contributed by atoms with Gasteiger partial charge in [0.25, 0.3) is 5.91 Å². The highest BCUT2D eigenvalue weighted by Crippen LogP contribution is 2.37. The molecular formula is C20H18N2O3S. The molecule has 5 nitrogen and oxygen atoms in total. The van der Waals surface area contributed by atoms with Crippen molar-refractivity contribution < 1.29 is 14.3 Å². The third-order valence-corrected chi connectivity index (χ3v) is 5.34. The third-order valence-electron chi connectivity index (χ3n) is 4.28. The molecule has 4 rings (SSSR count). The zero-order chi connectivity index (χ0) is 18.3. The van der Waals surface area contributed by atoms with Crippen molar-refractivity contribution in [2.45, 2.75) is 13.8 Å². The summed E-state index contributed by atoms with van der Waals surface area (Å²) >= 11 is 1.38. The molecule has 1 amide bonds. The van der Waals surface area contributed by atoms with E-state index in [1.165, 1.54) is 11.8 Å². The van der Waals surface area contributed by atoms with Gasteiger partial charge in [0.15, 0.2) is 16.7 Å². The third kappa shape index (κ3) is 3.08. The van der Waals surface area contributed by atoms with Crippen molar-refractivity contribution in [3.05, 3.63) is 58.0 Å². The number of amidine groups is 1. The molecule has 0 aliphatic carbocycles. The molecule has 1 fully saturated rings. The lowest BCUT2D eigenvalue weighted by molar-refractivity contribution is -0.121. The Morgan fingerprint density at radius 2 is 1.92 bits per heavy atom. The molecule has 0 saturated carbocycles. The molecule has 0 unspecified atom stereocenters. The first kappa shape index (κ1) is 16.7. The lowest BCUT2D eigenvalue weighted by Crippen LogP contribution is -2.23. The predicted molar refractivity (Wildman–Crippen MR) is 104 cm³/mol. The summed E-state index contributed by atoms with van der Waals surface area (Å²) in [6, 6.07) is 11.8. The molecule has 2 aliphatic heterocycles. The van der Waals surface area contributed by atoms with Gasteiger partial charge in [-0.15, -0.1) is 0 Å². The van der Waals surface area contributed by atoms with E-state index in [-0.39, 0.29) is 12.7 Å². The van der Waals surface area contributed by atoms with Crippen LogP contribution < -0.4 is 9.47 Å². The van der Waals surface area contributed by atoms with E-state index in [1.54, 1.807) is 11.9 Å². The van der Waals surface area contributed by atoms with Crippen LogP contribution in [0, 0.1) is 13.8 Å². The first-order valence-corrected chi connectivity index (χ1v) is 9.06. The molecule has 2 aliphatic rings. The lowest BCUT2D eigenvalue weighted by atomic mass is 10.1. The number of benzene rings is 2. The Kier molecular flexibility index (Phi) is 4.20.